The largest absolute Gasteiger partial charge is 0.447 e. The number of benzene rings is 3. The minimum absolute atomic E-state index is 0.140. The number of hydrogen-bond donors (Lipinski definition) is 0. The number of likely N-dealkylation sites (tertiary alicyclic amines) is 1. The van der Waals surface area contributed by atoms with Crippen LogP contribution in [0.3, 0.4) is 0 Å². The standard InChI is InChI=1S/C27H27NO3/c29-26(28-19-11-4-12-20-28)25(23-17-9-3-10-18-23)31-27(30)24(21-13-5-1-6-14-21)22-15-7-2-8-16-22/h1-3,5-10,13-18,24-25H,4,11-12,19-20H2/t25-/m0/s1. The van der Waals surface area contributed by atoms with Gasteiger partial charge in [0.15, 0.2) is 0 Å². The van der Waals surface area contributed by atoms with Crippen molar-refractivity contribution in [1.82, 2.24) is 4.90 Å². The Morgan fingerprint density at radius 3 is 1.58 bits per heavy atom. The molecule has 1 aliphatic rings. The van der Waals surface area contributed by atoms with E-state index in [1.807, 2.05) is 95.9 Å². The number of rotatable bonds is 6. The van der Waals surface area contributed by atoms with Gasteiger partial charge in [0, 0.05) is 18.7 Å². The van der Waals surface area contributed by atoms with Gasteiger partial charge < -0.3 is 9.64 Å². The number of nitrogens with zero attached hydrogens (tertiary/aromatic N) is 1. The quantitative estimate of drug-likeness (QED) is 0.527. The number of ether oxygens (including phenoxy) is 1. The number of carbonyl (C=O) groups is 2. The van der Waals surface area contributed by atoms with Crippen molar-refractivity contribution in [3.63, 3.8) is 0 Å². The summed E-state index contributed by atoms with van der Waals surface area (Å²) < 4.78 is 5.99. The van der Waals surface area contributed by atoms with E-state index in [0.717, 1.165) is 30.4 Å². The van der Waals surface area contributed by atoms with Crippen LogP contribution in [0.4, 0.5) is 0 Å². The zero-order chi connectivity index (χ0) is 21.5. The van der Waals surface area contributed by atoms with Crippen LogP contribution in [0.15, 0.2) is 91.0 Å². The maximum Gasteiger partial charge on any atom is 0.319 e. The van der Waals surface area contributed by atoms with E-state index in [1.165, 1.54) is 0 Å². The van der Waals surface area contributed by atoms with Crippen LogP contribution < -0.4 is 0 Å². The smallest absolute Gasteiger partial charge is 0.319 e. The lowest BCUT2D eigenvalue weighted by atomic mass is 9.91. The Hall–Kier alpha value is -3.40. The van der Waals surface area contributed by atoms with E-state index < -0.39 is 18.0 Å². The number of amides is 1. The number of esters is 1. The summed E-state index contributed by atoms with van der Waals surface area (Å²) in [7, 11) is 0. The van der Waals surface area contributed by atoms with Gasteiger partial charge in [0.1, 0.15) is 5.92 Å². The van der Waals surface area contributed by atoms with Crippen LogP contribution in [0.1, 0.15) is 48.0 Å². The van der Waals surface area contributed by atoms with Gasteiger partial charge in [-0.05, 0) is 30.4 Å². The second-order valence-corrected chi connectivity index (χ2v) is 7.87. The van der Waals surface area contributed by atoms with Gasteiger partial charge >= 0.3 is 5.97 Å². The van der Waals surface area contributed by atoms with E-state index >= 15 is 0 Å². The molecule has 1 amide bonds. The Bertz CT molecular complexity index is 943. The first-order chi connectivity index (χ1) is 15.2. The molecule has 4 heteroatoms. The zero-order valence-corrected chi connectivity index (χ0v) is 17.5. The Labute approximate surface area is 183 Å². The molecule has 1 saturated heterocycles. The van der Waals surface area contributed by atoms with Gasteiger partial charge in [0.05, 0.1) is 0 Å². The van der Waals surface area contributed by atoms with Gasteiger partial charge in [-0.1, -0.05) is 91.0 Å². The van der Waals surface area contributed by atoms with Gasteiger partial charge in [0.2, 0.25) is 6.10 Å². The van der Waals surface area contributed by atoms with E-state index in [4.69, 9.17) is 4.74 Å². The molecule has 4 rings (SSSR count). The molecule has 0 N–H and O–H groups in total. The van der Waals surface area contributed by atoms with Crippen molar-refractivity contribution in [2.75, 3.05) is 13.1 Å². The molecule has 0 aromatic heterocycles. The zero-order valence-electron chi connectivity index (χ0n) is 17.5. The highest BCUT2D eigenvalue weighted by Crippen LogP contribution is 2.30. The molecule has 158 valence electrons. The summed E-state index contributed by atoms with van der Waals surface area (Å²) in [5.74, 6) is -1.15. The topological polar surface area (TPSA) is 46.6 Å². The minimum Gasteiger partial charge on any atom is -0.447 e. The van der Waals surface area contributed by atoms with Crippen molar-refractivity contribution >= 4 is 11.9 Å². The molecule has 0 unspecified atom stereocenters. The third kappa shape index (κ3) is 5.02. The molecule has 4 nitrogen and oxygen atoms in total. The molecular formula is C27H27NO3. The summed E-state index contributed by atoms with van der Waals surface area (Å²) in [5.41, 5.74) is 2.39. The van der Waals surface area contributed by atoms with Gasteiger partial charge in [-0.3, -0.25) is 9.59 Å². The van der Waals surface area contributed by atoms with Crippen molar-refractivity contribution in [1.29, 1.82) is 0 Å². The number of carbonyl (C=O) groups excluding carboxylic acids is 2. The maximum absolute atomic E-state index is 13.5. The summed E-state index contributed by atoms with van der Waals surface area (Å²) in [6.07, 6.45) is 2.15. The van der Waals surface area contributed by atoms with Crippen LogP contribution in [0.2, 0.25) is 0 Å². The molecular weight excluding hydrogens is 386 g/mol. The van der Waals surface area contributed by atoms with Crippen molar-refractivity contribution in [2.45, 2.75) is 31.3 Å². The van der Waals surface area contributed by atoms with E-state index in [0.29, 0.717) is 18.7 Å². The predicted octanol–water partition coefficient (Wildman–Crippen LogP) is 5.12. The average molecular weight is 414 g/mol. The Kier molecular flexibility index (Phi) is 6.78. The maximum atomic E-state index is 13.5. The van der Waals surface area contributed by atoms with Crippen molar-refractivity contribution in [3.8, 4) is 0 Å². The highest BCUT2D eigenvalue weighted by atomic mass is 16.5. The molecule has 0 spiro atoms. The van der Waals surface area contributed by atoms with Crippen LogP contribution >= 0.6 is 0 Å². The average Bonchev–Trinajstić information content (AvgIpc) is 2.85. The van der Waals surface area contributed by atoms with Gasteiger partial charge in [-0.15, -0.1) is 0 Å². The fourth-order valence-electron chi connectivity index (χ4n) is 4.11. The Morgan fingerprint density at radius 2 is 1.10 bits per heavy atom. The molecule has 1 aliphatic heterocycles. The van der Waals surface area contributed by atoms with Crippen LogP contribution in [0.25, 0.3) is 0 Å². The molecule has 0 saturated carbocycles. The second kappa shape index (κ2) is 10.1. The minimum atomic E-state index is -0.943. The fourth-order valence-corrected chi connectivity index (χ4v) is 4.11. The molecule has 1 atom stereocenters. The Morgan fingerprint density at radius 1 is 0.645 bits per heavy atom. The number of hydrogen-bond acceptors (Lipinski definition) is 3. The van der Waals surface area contributed by atoms with Gasteiger partial charge in [0.25, 0.3) is 5.91 Å². The molecule has 1 heterocycles. The summed E-state index contributed by atoms with van der Waals surface area (Å²) in [5, 5.41) is 0. The molecule has 3 aromatic rings. The summed E-state index contributed by atoms with van der Waals surface area (Å²) in [4.78, 5) is 28.7. The lowest BCUT2D eigenvalue weighted by Crippen LogP contribution is -2.40. The highest BCUT2D eigenvalue weighted by molar-refractivity contribution is 5.88. The van der Waals surface area contributed by atoms with E-state index in [2.05, 4.69) is 0 Å². The first-order valence-corrected chi connectivity index (χ1v) is 10.9. The fraction of sp³-hybridized carbons (Fsp3) is 0.259. The number of piperidine rings is 1. The Balaban J connectivity index is 1.65. The van der Waals surface area contributed by atoms with Gasteiger partial charge in [-0.25, -0.2) is 0 Å². The summed E-state index contributed by atoms with van der Waals surface area (Å²) in [6, 6.07) is 28.5. The van der Waals surface area contributed by atoms with Crippen LogP contribution in [-0.2, 0) is 14.3 Å². The summed E-state index contributed by atoms with van der Waals surface area (Å²) >= 11 is 0. The van der Waals surface area contributed by atoms with Crippen LogP contribution in [0, 0.1) is 0 Å². The predicted molar refractivity (Wildman–Crippen MR) is 120 cm³/mol. The molecule has 3 aromatic carbocycles. The lowest BCUT2D eigenvalue weighted by Gasteiger charge is -2.31. The molecule has 1 fully saturated rings. The first kappa shape index (κ1) is 20.9. The van der Waals surface area contributed by atoms with Gasteiger partial charge in [-0.2, -0.15) is 0 Å². The molecule has 31 heavy (non-hydrogen) atoms. The second-order valence-electron chi connectivity index (χ2n) is 7.87. The normalized spacial score (nSPS) is 14.8. The third-order valence-corrected chi connectivity index (χ3v) is 5.73. The molecule has 0 bridgehead atoms. The van der Waals surface area contributed by atoms with Crippen molar-refractivity contribution in [3.05, 3.63) is 108 Å². The first-order valence-electron chi connectivity index (χ1n) is 10.9. The van der Waals surface area contributed by atoms with Crippen molar-refractivity contribution < 1.29 is 14.3 Å². The van der Waals surface area contributed by atoms with E-state index in [-0.39, 0.29) is 5.91 Å². The monoisotopic (exact) mass is 413 g/mol. The molecule has 0 aliphatic carbocycles. The molecule has 0 radical (unpaired) electrons. The highest BCUT2D eigenvalue weighted by Gasteiger charge is 2.33. The third-order valence-electron chi connectivity index (χ3n) is 5.73. The van der Waals surface area contributed by atoms with Crippen molar-refractivity contribution in [2.24, 2.45) is 0 Å². The SMILES string of the molecule is O=C(O[C@H](C(=O)N1CCCCC1)c1ccccc1)C(c1ccccc1)c1ccccc1. The van der Waals surface area contributed by atoms with Crippen LogP contribution in [0.5, 0.6) is 0 Å². The van der Waals surface area contributed by atoms with E-state index in [1.54, 1.807) is 0 Å². The summed E-state index contributed by atoms with van der Waals surface area (Å²) in [6.45, 7) is 1.42. The lowest BCUT2D eigenvalue weighted by molar-refractivity contribution is -0.162. The van der Waals surface area contributed by atoms with E-state index in [9.17, 15) is 9.59 Å². The van der Waals surface area contributed by atoms with Crippen LogP contribution in [-0.4, -0.2) is 29.9 Å².